The Bertz CT molecular complexity index is 790. The topological polar surface area (TPSA) is 60.4 Å². The fourth-order valence-electron chi connectivity index (χ4n) is 7.07. The number of esters is 1. The molecule has 0 aliphatic heterocycles. The van der Waals surface area contributed by atoms with Crippen LogP contribution >= 0.6 is 0 Å². The predicted molar refractivity (Wildman–Crippen MR) is 106 cm³/mol. The number of ether oxygens (including phenoxy) is 1. The smallest absolute Gasteiger partial charge is 0.303 e. The molecule has 0 radical (unpaired) electrons. The summed E-state index contributed by atoms with van der Waals surface area (Å²) in [6.07, 6.45) is 9.84. The first-order chi connectivity index (χ1) is 13.2. The lowest BCUT2D eigenvalue weighted by Crippen LogP contribution is -2.47. The first-order valence-corrected chi connectivity index (χ1v) is 10.8. The molecule has 3 unspecified atom stereocenters. The van der Waals surface area contributed by atoms with E-state index in [-0.39, 0.29) is 40.9 Å². The number of fused-ring (bicyclic) bond motifs is 5. The molecule has 4 nitrogen and oxygen atoms in total. The van der Waals surface area contributed by atoms with Crippen LogP contribution < -0.4 is 0 Å². The first-order valence-electron chi connectivity index (χ1n) is 10.8. The van der Waals surface area contributed by atoms with Crippen molar-refractivity contribution in [3.63, 3.8) is 0 Å². The van der Waals surface area contributed by atoms with Gasteiger partial charge in [-0.3, -0.25) is 14.4 Å². The van der Waals surface area contributed by atoms with E-state index in [2.05, 4.69) is 26.8 Å². The highest BCUT2D eigenvalue weighted by atomic mass is 16.5. The van der Waals surface area contributed by atoms with Crippen molar-refractivity contribution in [3.05, 3.63) is 23.3 Å². The van der Waals surface area contributed by atoms with Gasteiger partial charge in [0.15, 0.2) is 11.6 Å². The van der Waals surface area contributed by atoms with Crippen LogP contribution in [0, 0.1) is 34.5 Å². The molecule has 0 spiro atoms. The Hall–Kier alpha value is -1.71. The van der Waals surface area contributed by atoms with E-state index in [4.69, 9.17) is 4.74 Å². The highest BCUT2D eigenvalue weighted by molar-refractivity contribution is 5.92. The van der Waals surface area contributed by atoms with Crippen LogP contribution in [0.5, 0.6) is 0 Å². The van der Waals surface area contributed by atoms with E-state index in [0.717, 1.165) is 32.1 Å². The standard InChI is InChI=1S/C24H32O4/c1-14-11-17-18-5-6-20(22(27)13-28-15(2)25)23(18,3)10-8-19(17)24(4)9-7-16(26)12-21(14)24/h8,12,14,17-18,20H,5-7,9-11,13H2,1-4H3/t14?,17?,18?,20-,23+,24-/m1/s1. The molecule has 4 aliphatic carbocycles. The lowest BCUT2D eigenvalue weighted by Gasteiger charge is -2.55. The molecule has 0 aromatic heterocycles. The third-order valence-corrected chi connectivity index (χ3v) is 8.46. The van der Waals surface area contributed by atoms with Gasteiger partial charge >= 0.3 is 5.97 Å². The number of carbonyl (C=O) groups excluding carboxylic acids is 3. The molecule has 2 saturated carbocycles. The van der Waals surface area contributed by atoms with Gasteiger partial charge < -0.3 is 4.74 Å². The first kappa shape index (κ1) is 19.6. The predicted octanol–water partition coefficient (Wildman–Crippen LogP) is 4.43. The van der Waals surface area contributed by atoms with Crippen LogP contribution in [-0.2, 0) is 19.1 Å². The molecule has 0 saturated heterocycles. The SMILES string of the molecule is CC(=O)OCC(=O)[C@H]1CCC2C3CC(C)C4=CC(=O)CC[C@]4(C)C3=CC[C@@]21C. The zero-order valence-electron chi connectivity index (χ0n) is 17.5. The van der Waals surface area contributed by atoms with E-state index in [1.165, 1.54) is 18.1 Å². The van der Waals surface area contributed by atoms with E-state index in [1.807, 2.05) is 6.08 Å². The summed E-state index contributed by atoms with van der Waals surface area (Å²) in [4.78, 5) is 36.0. The normalized spacial score (nSPS) is 41.9. The summed E-state index contributed by atoms with van der Waals surface area (Å²) < 4.78 is 5.02. The Balaban J connectivity index is 1.65. The largest absolute Gasteiger partial charge is 0.458 e. The lowest BCUT2D eigenvalue weighted by molar-refractivity contribution is -0.148. The van der Waals surface area contributed by atoms with Gasteiger partial charge in [0.25, 0.3) is 0 Å². The van der Waals surface area contributed by atoms with Gasteiger partial charge in [0.2, 0.25) is 0 Å². The van der Waals surface area contributed by atoms with Crippen LogP contribution in [0.4, 0.5) is 0 Å². The molecule has 4 heteroatoms. The van der Waals surface area contributed by atoms with Crippen molar-refractivity contribution in [2.75, 3.05) is 6.61 Å². The van der Waals surface area contributed by atoms with Gasteiger partial charge in [-0.1, -0.05) is 38.0 Å². The third kappa shape index (κ3) is 2.83. The van der Waals surface area contributed by atoms with Crippen molar-refractivity contribution >= 4 is 17.5 Å². The molecule has 0 aromatic rings. The maximum Gasteiger partial charge on any atom is 0.303 e. The van der Waals surface area contributed by atoms with Gasteiger partial charge in [-0.05, 0) is 61.3 Å². The summed E-state index contributed by atoms with van der Waals surface area (Å²) in [7, 11) is 0. The van der Waals surface area contributed by atoms with Gasteiger partial charge in [0, 0.05) is 24.7 Å². The van der Waals surface area contributed by atoms with Crippen molar-refractivity contribution < 1.29 is 19.1 Å². The van der Waals surface area contributed by atoms with Crippen LogP contribution in [0.15, 0.2) is 23.3 Å². The fourth-order valence-corrected chi connectivity index (χ4v) is 7.07. The average Bonchev–Trinajstić information content (AvgIpc) is 2.99. The van der Waals surface area contributed by atoms with Gasteiger partial charge in [0.1, 0.15) is 6.61 Å². The molecule has 2 fully saturated rings. The van der Waals surface area contributed by atoms with E-state index < -0.39 is 0 Å². The monoisotopic (exact) mass is 384 g/mol. The zero-order valence-corrected chi connectivity index (χ0v) is 17.5. The Kier molecular flexibility index (Phi) is 4.67. The minimum Gasteiger partial charge on any atom is -0.458 e. The van der Waals surface area contributed by atoms with Crippen molar-refractivity contribution in [2.24, 2.45) is 34.5 Å². The summed E-state index contributed by atoms with van der Waals surface area (Å²) in [5, 5.41) is 0. The number of hydrogen-bond acceptors (Lipinski definition) is 4. The average molecular weight is 385 g/mol. The van der Waals surface area contributed by atoms with Crippen molar-refractivity contribution in [1.82, 2.24) is 0 Å². The highest BCUT2D eigenvalue weighted by Crippen LogP contribution is 2.65. The maximum atomic E-state index is 12.8. The van der Waals surface area contributed by atoms with Crippen molar-refractivity contribution in [1.29, 1.82) is 0 Å². The molecule has 0 N–H and O–H groups in total. The van der Waals surface area contributed by atoms with Crippen LogP contribution in [0.2, 0.25) is 0 Å². The molecule has 0 aromatic carbocycles. The van der Waals surface area contributed by atoms with Crippen molar-refractivity contribution in [2.45, 2.75) is 66.2 Å². The second kappa shape index (κ2) is 6.67. The second-order valence-electron chi connectivity index (χ2n) is 9.99. The number of carbonyl (C=O) groups is 3. The molecule has 0 heterocycles. The van der Waals surface area contributed by atoms with E-state index in [9.17, 15) is 14.4 Å². The molecule has 0 bridgehead atoms. The minimum absolute atomic E-state index is 0.0113. The molecule has 28 heavy (non-hydrogen) atoms. The summed E-state index contributed by atoms with van der Waals surface area (Å²) in [6.45, 7) is 8.14. The van der Waals surface area contributed by atoms with Gasteiger partial charge in [-0.15, -0.1) is 0 Å². The number of allylic oxidation sites excluding steroid dienone is 4. The summed E-state index contributed by atoms with van der Waals surface area (Å²) in [6, 6.07) is 0. The highest BCUT2D eigenvalue weighted by Gasteiger charge is 2.58. The Labute approximate surface area is 167 Å². The molecule has 4 aliphatic rings. The molecule has 0 amide bonds. The van der Waals surface area contributed by atoms with Crippen molar-refractivity contribution in [3.8, 4) is 0 Å². The summed E-state index contributed by atoms with van der Waals surface area (Å²) >= 11 is 0. The minimum atomic E-state index is -0.390. The van der Waals surface area contributed by atoms with E-state index in [1.54, 1.807) is 0 Å². The van der Waals surface area contributed by atoms with Gasteiger partial charge in [-0.2, -0.15) is 0 Å². The van der Waals surface area contributed by atoms with Crippen LogP contribution in [0.1, 0.15) is 66.2 Å². The summed E-state index contributed by atoms with van der Waals surface area (Å²) in [5.41, 5.74) is 2.82. The molecule has 152 valence electrons. The molecule has 4 rings (SSSR count). The van der Waals surface area contributed by atoms with Crippen LogP contribution in [0.3, 0.4) is 0 Å². The molecular weight excluding hydrogens is 352 g/mol. The molecular formula is C24H32O4. The van der Waals surface area contributed by atoms with Crippen LogP contribution in [0.25, 0.3) is 0 Å². The summed E-state index contributed by atoms with van der Waals surface area (Å²) in [5.74, 6) is 1.34. The van der Waals surface area contributed by atoms with Gasteiger partial charge in [0.05, 0.1) is 0 Å². The zero-order chi connectivity index (χ0) is 20.3. The second-order valence-corrected chi connectivity index (χ2v) is 9.99. The lowest BCUT2D eigenvalue weighted by atomic mass is 9.49. The van der Waals surface area contributed by atoms with Crippen LogP contribution in [-0.4, -0.2) is 24.1 Å². The van der Waals surface area contributed by atoms with E-state index in [0.29, 0.717) is 24.2 Å². The number of Topliss-reactive ketones (excluding diaryl/α,β-unsaturated/α-hetero) is 1. The number of rotatable bonds is 3. The number of hydrogen-bond donors (Lipinski definition) is 0. The Morgan fingerprint density at radius 1 is 1.21 bits per heavy atom. The quantitative estimate of drug-likeness (QED) is 0.533. The fraction of sp³-hybridized carbons (Fsp3) is 0.708. The molecule has 6 atom stereocenters. The number of ketones is 2. The Morgan fingerprint density at radius 2 is 1.96 bits per heavy atom. The Morgan fingerprint density at radius 3 is 2.68 bits per heavy atom. The van der Waals surface area contributed by atoms with E-state index >= 15 is 0 Å². The van der Waals surface area contributed by atoms with Gasteiger partial charge in [-0.25, -0.2) is 0 Å². The maximum absolute atomic E-state index is 12.8. The third-order valence-electron chi connectivity index (χ3n) is 8.46.